The minimum absolute atomic E-state index is 0.0925. The van der Waals surface area contributed by atoms with Crippen LogP contribution in [0.25, 0.3) is 0 Å². The van der Waals surface area contributed by atoms with E-state index in [0.29, 0.717) is 16.5 Å². The van der Waals surface area contributed by atoms with Gasteiger partial charge < -0.3 is 24.3 Å². The Balaban J connectivity index is 1.80. The van der Waals surface area contributed by atoms with Crippen molar-refractivity contribution in [3.8, 4) is 11.5 Å². The zero-order valence-electron chi connectivity index (χ0n) is 19.5. The van der Waals surface area contributed by atoms with E-state index in [0.717, 1.165) is 29.7 Å². The van der Waals surface area contributed by atoms with Crippen LogP contribution < -0.4 is 14.8 Å². The zero-order valence-corrected chi connectivity index (χ0v) is 20.3. The number of hydrogen-bond acceptors (Lipinski definition) is 8. The third kappa shape index (κ3) is 5.30. The maximum Gasteiger partial charge on any atom is 0.346 e. The maximum absolute atomic E-state index is 12.9. The van der Waals surface area contributed by atoms with Crippen molar-refractivity contribution in [2.24, 2.45) is 5.92 Å². The topological polar surface area (TPSA) is 100 Å². The number of carbonyl (C=O) groups excluding carboxylic acids is 3. The van der Waals surface area contributed by atoms with Gasteiger partial charge in [-0.3, -0.25) is 4.79 Å². The highest BCUT2D eigenvalue weighted by molar-refractivity contribution is 7.17. The summed E-state index contributed by atoms with van der Waals surface area (Å²) in [5, 5.41) is 3.20. The number of nitrogens with one attached hydrogen (secondary N) is 1. The number of carbonyl (C=O) groups is 3. The smallest absolute Gasteiger partial charge is 0.346 e. The van der Waals surface area contributed by atoms with Gasteiger partial charge in [-0.25, -0.2) is 9.59 Å². The first-order valence-corrected chi connectivity index (χ1v) is 11.7. The Kier molecular flexibility index (Phi) is 7.97. The molecular formula is C24H29NO7S. The lowest BCUT2D eigenvalue weighted by molar-refractivity contribution is -0.123. The number of amides is 1. The Bertz CT molecular complexity index is 1020. The van der Waals surface area contributed by atoms with Gasteiger partial charge in [-0.1, -0.05) is 13.0 Å². The monoisotopic (exact) mass is 475 g/mol. The van der Waals surface area contributed by atoms with E-state index >= 15 is 0 Å². The average molecular weight is 476 g/mol. The van der Waals surface area contributed by atoms with Crippen LogP contribution in [0.4, 0.5) is 5.00 Å². The molecule has 2 atom stereocenters. The predicted octanol–water partition coefficient (Wildman–Crippen LogP) is 4.25. The second kappa shape index (κ2) is 10.7. The lowest BCUT2D eigenvalue weighted by atomic mass is 9.88. The quantitative estimate of drug-likeness (QED) is 0.570. The summed E-state index contributed by atoms with van der Waals surface area (Å²) < 4.78 is 21.1. The molecule has 0 radical (unpaired) electrons. The van der Waals surface area contributed by atoms with Crippen LogP contribution in [0, 0.1) is 5.92 Å². The highest BCUT2D eigenvalue weighted by Gasteiger charge is 2.31. The summed E-state index contributed by atoms with van der Waals surface area (Å²) in [6, 6.07) is 4.89. The number of anilines is 1. The molecule has 2 aromatic rings. The van der Waals surface area contributed by atoms with Crippen molar-refractivity contribution in [1.82, 2.24) is 0 Å². The molecular weight excluding hydrogens is 446 g/mol. The number of benzene rings is 1. The van der Waals surface area contributed by atoms with Gasteiger partial charge in [0, 0.05) is 4.88 Å². The van der Waals surface area contributed by atoms with E-state index < -0.39 is 23.9 Å². The minimum atomic E-state index is -1.12. The van der Waals surface area contributed by atoms with Gasteiger partial charge in [0.05, 0.1) is 26.4 Å². The fraction of sp³-hybridized carbons (Fsp3) is 0.458. The summed E-state index contributed by atoms with van der Waals surface area (Å²) in [7, 11) is 2.86. The van der Waals surface area contributed by atoms with Crippen molar-refractivity contribution in [3.63, 3.8) is 0 Å². The lowest BCUT2D eigenvalue weighted by Gasteiger charge is -2.18. The molecule has 0 spiro atoms. The number of methoxy groups -OCH3 is 2. The van der Waals surface area contributed by atoms with Gasteiger partial charge in [-0.05, 0) is 56.7 Å². The van der Waals surface area contributed by atoms with Crippen LogP contribution in [-0.4, -0.2) is 44.8 Å². The summed E-state index contributed by atoms with van der Waals surface area (Å²) in [5.41, 5.74) is 1.44. The third-order valence-corrected chi connectivity index (χ3v) is 6.68. The first kappa shape index (κ1) is 24.6. The third-order valence-electron chi connectivity index (χ3n) is 5.51. The number of thiophene rings is 1. The molecule has 8 nitrogen and oxygen atoms in total. The molecule has 0 saturated carbocycles. The van der Waals surface area contributed by atoms with E-state index in [1.54, 1.807) is 25.1 Å². The van der Waals surface area contributed by atoms with Crippen LogP contribution in [-0.2, 0) is 27.1 Å². The minimum Gasteiger partial charge on any atom is -0.496 e. The van der Waals surface area contributed by atoms with Crippen LogP contribution in [0.5, 0.6) is 11.5 Å². The molecule has 178 valence electrons. The standard InChI is InChI=1S/C24H29NO7S/c1-6-31-23(27)19-15-11-10-13(2)12-18(15)33-22(19)25-21(26)14(3)32-24(28)20-16(29-4)8-7-9-17(20)30-5/h7-9,13-14H,6,10-12H2,1-5H3,(H,25,26). The molecule has 33 heavy (non-hydrogen) atoms. The van der Waals surface area contributed by atoms with Gasteiger partial charge in [0.2, 0.25) is 0 Å². The van der Waals surface area contributed by atoms with Crippen molar-refractivity contribution in [2.75, 3.05) is 26.1 Å². The molecule has 0 aliphatic heterocycles. The molecule has 1 heterocycles. The number of esters is 2. The SMILES string of the molecule is CCOC(=O)c1c(NC(=O)C(C)OC(=O)c2c(OC)cccc2OC)sc2c1CCC(C)C2. The van der Waals surface area contributed by atoms with E-state index in [4.69, 9.17) is 18.9 Å². The van der Waals surface area contributed by atoms with E-state index in [1.165, 1.54) is 32.5 Å². The predicted molar refractivity (Wildman–Crippen MR) is 125 cm³/mol. The molecule has 0 fully saturated rings. The van der Waals surface area contributed by atoms with Crippen LogP contribution in [0.2, 0.25) is 0 Å². The van der Waals surface area contributed by atoms with Crippen molar-refractivity contribution >= 4 is 34.2 Å². The van der Waals surface area contributed by atoms with E-state index in [9.17, 15) is 14.4 Å². The van der Waals surface area contributed by atoms with Gasteiger partial charge in [0.1, 0.15) is 22.1 Å². The first-order valence-electron chi connectivity index (χ1n) is 10.8. The summed E-state index contributed by atoms with van der Waals surface area (Å²) in [5.74, 6) is -0.701. The zero-order chi connectivity index (χ0) is 24.1. The molecule has 0 bridgehead atoms. The summed E-state index contributed by atoms with van der Waals surface area (Å²) in [6.45, 7) is 5.61. The van der Waals surface area contributed by atoms with Crippen LogP contribution in [0.3, 0.4) is 0 Å². The average Bonchev–Trinajstić information content (AvgIpc) is 3.15. The molecule has 3 rings (SSSR count). The second-order valence-electron chi connectivity index (χ2n) is 7.85. The number of ether oxygens (including phenoxy) is 4. The Morgan fingerprint density at radius 3 is 2.39 bits per heavy atom. The molecule has 1 amide bonds. The van der Waals surface area contributed by atoms with Gasteiger partial charge >= 0.3 is 11.9 Å². The van der Waals surface area contributed by atoms with Crippen molar-refractivity contribution in [1.29, 1.82) is 0 Å². The summed E-state index contributed by atoms with van der Waals surface area (Å²) >= 11 is 1.38. The first-order chi connectivity index (χ1) is 15.8. The number of hydrogen-bond donors (Lipinski definition) is 1. The lowest BCUT2D eigenvalue weighted by Crippen LogP contribution is -2.30. The fourth-order valence-corrected chi connectivity index (χ4v) is 5.20. The molecule has 1 aromatic heterocycles. The molecule has 1 aliphatic carbocycles. The highest BCUT2D eigenvalue weighted by atomic mass is 32.1. The second-order valence-corrected chi connectivity index (χ2v) is 8.96. The van der Waals surface area contributed by atoms with Crippen LogP contribution in [0.1, 0.15) is 58.3 Å². The largest absolute Gasteiger partial charge is 0.496 e. The maximum atomic E-state index is 12.9. The van der Waals surface area contributed by atoms with Gasteiger partial charge in [-0.15, -0.1) is 11.3 Å². The Labute approximate surface area is 197 Å². The van der Waals surface area contributed by atoms with E-state index in [2.05, 4.69) is 12.2 Å². The fourth-order valence-electron chi connectivity index (χ4n) is 3.80. The molecule has 1 N–H and O–H groups in total. The van der Waals surface area contributed by atoms with Gasteiger partial charge in [0.25, 0.3) is 5.91 Å². The molecule has 1 aromatic carbocycles. The summed E-state index contributed by atoms with van der Waals surface area (Å²) in [4.78, 5) is 39.4. The molecule has 2 unspecified atom stereocenters. The van der Waals surface area contributed by atoms with Crippen LogP contribution in [0.15, 0.2) is 18.2 Å². The number of rotatable bonds is 8. The van der Waals surface area contributed by atoms with Crippen molar-refractivity contribution < 1.29 is 33.3 Å². The normalized spacial score (nSPS) is 15.7. The van der Waals surface area contributed by atoms with E-state index in [-0.39, 0.29) is 23.7 Å². The molecule has 1 aliphatic rings. The Morgan fingerprint density at radius 2 is 1.79 bits per heavy atom. The van der Waals surface area contributed by atoms with Gasteiger partial charge in [-0.2, -0.15) is 0 Å². The van der Waals surface area contributed by atoms with Crippen molar-refractivity contribution in [3.05, 3.63) is 39.8 Å². The van der Waals surface area contributed by atoms with Crippen molar-refractivity contribution in [2.45, 2.75) is 46.1 Å². The Hall–Kier alpha value is -3.07. The summed E-state index contributed by atoms with van der Waals surface area (Å²) in [6.07, 6.45) is 1.45. The van der Waals surface area contributed by atoms with Gasteiger partial charge in [0.15, 0.2) is 6.10 Å². The van der Waals surface area contributed by atoms with E-state index in [1.807, 2.05) is 0 Å². The van der Waals surface area contributed by atoms with Crippen LogP contribution >= 0.6 is 11.3 Å². The number of fused-ring (bicyclic) bond motifs is 1. The highest BCUT2D eigenvalue weighted by Crippen LogP contribution is 2.40. The Morgan fingerprint density at radius 1 is 1.12 bits per heavy atom. The molecule has 9 heteroatoms. The molecule has 0 saturated heterocycles.